The number of pyridine rings is 1. The Morgan fingerprint density at radius 1 is 1.46 bits per heavy atom. The number of nitrogens with zero attached hydrogens (tertiary/aromatic N) is 3. The normalized spacial score (nSPS) is 10.3. The molecule has 4 heteroatoms. The van der Waals surface area contributed by atoms with Crippen LogP contribution in [0.1, 0.15) is 0 Å². The highest BCUT2D eigenvalue weighted by molar-refractivity contribution is 14.1. The number of hydrogen-bond donors (Lipinski definition) is 0. The minimum atomic E-state index is 0.968. The van der Waals surface area contributed by atoms with Crippen molar-refractivity contribution in [2.75, 3.05) is 0 Å². The molecule has 2 aromatic heterocycles. The van der Waals surface area contributed by atoms with E-state index in [0.717, 1.165) is 9.39 Å². The molecule has 0 N–H and O–H groups in total. The molecular formula is C9H9IN3+. The first-order chi connectivity index (χ1) is 6.29. The first kappa shape index (κ1) is 8.68. The van der Waals surface area contributed by atoms with Crippen molar-refractivity contribution in [2.24, 2.45) is 7.05 Å². The number of aromatic nitrogens is 3. The molecule has 3 nitrogen and oxygen atoms in total. The molecule has 0 saturated carbocycles. The highest BCUT2D eigenvalue weighted by Gasteiger charge is 2.09. The second-order valence-corrected chi connectivity index (χ2v) is 3.88. The lowest BCUT2D eigenvalue weighted by Gasteiger charge is -2.00. The van der Waals surface area contributed by atoms with Crippen molar-refractivity contribution in [3.05, 3.63) is 40.4 Å². The van der Waals surface area contributed by atoms with Crippen LogP contribution in [0.5, 0.6) is 0 Å². The standard InChI is InChI=1S/C9H9IN3/c1-12-6-3-7-13(12)9-8(10)4-2-5-11-9/h2-7H,1H3/q+1. The summed E-state index contributed by atoms with van der Waals surface area (Å²) in [5, 5.41) is 0. The topological polar surface area (TPSA) is 21.7 Å². The third kappa shape index (κ3) is 1.58. The maximum Gasteiger partial charge on any atom is 0.206 e. The Morgan fingerprint density at radius 3 is 2.92 bits per heavy atom. The Morgan fingerprint density at radius 2 is 2.31 bits per heavy atom. The predicted octanol–water partition coefficient (Wildman–Crippen LogP) is 1.30. The predicted molar refractivity (Wildman–Crippen MR) is 57.5 cm³/mol. The summed E-state index contributed by atoms with van der Waals surface area (Å²) < 4.78 is 5.14. The van der Waals surface area contributed by atoms with Crippen LogP contribution in [0.15, 0.2) is 36.8 Å². The van der Waals surface area contributed by atoms with E-state index in [1.54, 1.807) is 6.20 Å². The van der Waals surface area contributed by atoms with Gasteiger partial charge in [-0.1, -0.05) is 0 Å². The fourth-order valence-corrected chi connectivity index (χ4v) is 1.78. The van der Waals surface area contributed by atoms with E-state index in [2.05, 4.69) is 27.6 Å². The van der Waals surface area contributed by atoms with E-state index in [-0.39, 0.29) is 0 Å². The summed E-state index contributed by atoms with van der Waals surface area (Å²) in [6.45, 7) is 0. The van der Waals surface area contributed by atoms with Crippen LogP contribution in [0.25, 0.3) is 5.82 Å². The van der Waals surface area contributed by atoms with Gasteiger partial charge in [-0.25, -0.2) is 4.98 Å². The molecule has 0 bridgehead atoms. The highest BCUT2D eigenvalue weighted by atomic mass is 127. The van der Waals surface area contributed by atoms with E-state index in [1.165, 1.54) is 0 Å². The van der Waals surface area contributed by atoms with Gasteiger partial charge in [0.25, 0.3) is 0 Å². The summed E-state index contributed by atoms with van der Waals surface area (Å²) in [5.41, 5.74) is 0. The van der Waals surface area contributed by atoms with Crippen LogP contribution in [0.4, 0.5) is 0 Å². The van der Waals surface area contributed by atoms with Crippen LogP contribution in [0.3, 0.4) is 0 Å². The average Bonchev–Trinajstić information content (AvgIpc) is 2.52. The first-order valence-electron chi connectivity index (χ1n) is 3.93. The average molecular weight is 286 g/mol. The second-order valence-electron chi connectivity index (χ2n) is 2.72. The van der Waals surface area contributed by atoms with Crippen LogP contribution < -0.4 is 4.68 Å². The third-order valence-electron chi connectivity index (χ3n) is 1.83. The van der Waals surface area contributed by atoms with E-state index in [4.69, 9.17) is 0 Å². The van der Waals surface area contributed by atoms with E-state index < -0.39 is 0 Å². The summed E-state index contributed by atoms with van der Waals surface area (Å²) in [4.78, 5) is 4.32. The van der Waals surface area contributed by atoms with Crippen LogP contribution in [0, 0.1) is 3.57 Å². The number of aryl methyl sites for hydroxylation is 1. The van der Waals surface area contributed by atoms with Gasteiger partial charge in [0.2, 0.25) is 5.82 Å². The molecule has 0 atom stereocenters. The van der Waals surface area contributed by atoms with Gasteiger partial charge in [0.05, 0.1) is 9.77 Å². The summed E-state index contributed by atoms with van der Waals surface area (Å²) in [5.74, 6) is 0.968. The Bertz CT molecular complexity index is 422. The number of rotatable bonds is 1. The third-order valence-corrected chi connectivity index (χ3v) is 2.67. The Balaban J connectivity index is 2.59. The Hall–Kier alpha value is -0.910. The summed E-state index contributed by atoms with van der Waals surface area (Å²) in [6.07, 6.45) is 5.78. The van der Waals surface area contributed by atoms with E-state index in [0.29, 0.717) is 0 Å². The summed E-state index contributed by atoms with van der Waals surface area (Å²) in [6, 6.07) is 5.97. The lowest BCUT2D eigenvalue weighted by atomic mass is 10.5. The van der Waals surface area contributed by atoms with Gasteiger partial charge in [-0.3, -0.25) is 0 Å². The molecule has 0 aromatic carbocycles. The van der Waals surface area contributed by atoms with Gasteiger partial charge in [-0.2, -0.15) is 0 Å². The van der Waals surface area contributed by atoms with E-state index >= 15 is 0 Å². The fourth-order valence-electron chi connectivity index (χ4n) is 1.19. The number of hydrogen-bond acceptors (Lipinski definition) is 1. The van der Waals surface area contributed by atoms with Gasteiger partial charge in [0, 0.05) is 12.3 Å². The quantitative estimate of drug-likeness (QED) is 0.572. The zero-order chi connectivity index (χ0) is 9.26. The van der Waals surface area contributed by atoms with Crippen molar-refractivity contribution in [1.82, 2.24) is 9.67 Å². The van der Waals surface area contributed by atoms with Gasteiger partial charge in [0.15, 0.2) is 13.2 Å². The SMILES string of the molecule is C[n+]1cccn1-c1ncccc1I. The monoisotopic (exact) mass is 286 g/mol. The molecule has 0 aliphatic heterocycles. The molecule has 0 unspecified atom stereocenters. The van der Waals surface area contributed by atoms with Gasteiger partial charge in [0.1, 0.15) is 0 Å². The molecule has 0 amide bonds. The van der Waals surface area contributed by atoms with Crippen molar-refractivity contribution in [1.29, 1.82) is 0 Å². The Kier molecular flexibility index (Phi) is 2.30. The molecule has 66 valence electrons. The molecule has 0 spiro atoms. The zero-order valence-electron chi connectivity index (χ0n) is 7.18. The first-order valence-corrected chi connectivity index (χ1v) is 5.01. The summed E-state index contributed by atoms with van der Waals surface area (Å²) in [7, 11) is 1.99. The molecule has 2 heterocycles. The molecule has 0 fully saturated rings. The van der Waals surface area contributed by atoms with Crippen molar-refractivity contribution >= 4 is 22.6 Å². The van der Waals surface area contributed by atoms with Crippen molar-refractivity contribution < 1.29 is 4.68 Å². The molecule has 0 radical (unpaired) electrons. The Labute approximate surface area is 90.2 Å². The maximum atomic E-state index is 4.32. The van der Waals surface area contributed by atoms with Gasteiger partial charge in [-0.15, -0.1) is 9.36 Å². The lowest BCUT2D eigenvalue weighted by molar-refractivity contribution is -0.744. The molecule has 2 rings (SSSR count). The molecule has 2 aromatic rings. The fraction of sp³-hybridized carbons (Fsp3) is 0.111. The van der Waals surface area contributed by atoms with Crippen molar-refractivity contribution in [3.63, 3.8) is 0 Å². The molecule has 0 saturated heterocycles. The van der Waals surface area contributed by atoms with Gasteiger partial charge < -0.3 is 0 Å². The zero-order valence-corrected chi connectivity index (χ0v) is 9.34. The maximum absolute atomic E-state index is 4.32. The van der Waals surface area contributed by atoms with E-state index in [1.807, 2.05) is 47.0 Å². The largest absolute Gasteiger partial charge is 0.233 e. The second kappa shape index (κ2) is 3.45. The van der Waals surface area contributed by atoms with E-state index in [9.17, 15) is 0 Å². The lowest BCUT2D eigenvalue weighted by Crippen LogP contribution is -2.37. The van der Waals surface area contributed by atoms with Gasteiger partial charge >= 0.3 is 0 Å². The van der Waals surface area contributed by atoms with Crippen molar-refractivity contribution in [2.45, 2.75) is 0 Å². The van der Waals surface area contributed by atoms with Crippen LogP contribution in [-0.4, -0.2) is 9.67 Å². The molecule has 13 heavy (non-hydrogen) atoms. The number of halogens is 1. The minimum absolute atomic E-state index is 0.968. The summed E-state index contributed by atoms with van der Waals surface area (Å²) >= 11 is 2.28. The van der Waals surface area contributed by atoms with Crippen molar-refractivity contribution in [3.8, 4) is 5.82 Å². The van der Waals surface area contributed by atoms with Crippen LogP contribution in [-0.2, 0) is 7.05 Å². The van der Waals surface area contributed by atoms with Crippen LogP contribution in [0.2, 0.25) is 0 Å². The molecular weight excluding hydrogens is 277 g/mol. The molecule has 0 aliphatic rings. The van der Waals surface area contributed by atoms with Gasteiger partial charge in [-0.05, 0) is 34.7 Å². The molecule has 0 aliphatic carbocycles. The van der Waals surface area contributed by atoms with Crippen LogP contribution >= 0.6 is 22.6 Å². The smallest absolute Gasteiger partial charge is 0.206 e. The highest BCUT2D eigenvalue weighted by Crippen LogP contribution is 2.11. The minimum Gasteiger partial charge on any atom is -0.233 e.